The molecule has 0 aliphatic carbocycles. The topological polar surface area (TPSA) is 30.5 Å². The average molecular weight is 354 g/mol. The van der Waals surface area contributed by atoms with E-state index < -0.39 is 0 Å². The molecule has 0 aliphatic heterocycles. The van der Waals surface area contributed by atoms with Crippen LogP contribution in [0.4, 0.5) is 5.69 Å². The quantitative estimate of drug-likeness (QED) is 0.696. The van der Waals surface area contributed by atoms with Crippen LogP contribution in [0.2, 0.25) is 10.0 Å². The number of benzene rings is 2. The molecule has 2 aromatic rings. The second-order valence-corrected chi connectivity index (χ2v) is 6.39. The SMILES string of the molecule is CC(C)Oc1ccccc1NCC(C)Oc1ccc(Cl)cc1Cl. The van der Waals surface area contributed by atoms with Gasteiger partial charge in [0.05, 0.1) is 23.4 Å². The molecule has 0 bridgehead atoms. The number of hydrogen-bond donors (Lipinski definition) is 1. The van der Waals surface area contributed by atoms with E-state index in [9.17, 15) is 0 Å². The molecular weight excluding hydrogens is 333 g/mol. The normalized spacial score (nSPS) is 12.1. The molecule has 124 valence electrons. The van der Waals surface area contributed by atoms with Gasteiger partial charge in [0.2, 0.25) is 0 Å². The van der Waals surface area contributed by atoms with Crippen molar-refractivity contribution in [3.8, 4) is 11.5 Å². The van der Waals surface area contributed by atoms with Crippen LogP contribution in [0.15, 0.2) is 42.5 Å². The van der Waals surface area contributed by atoms with Crippen molar-refractivity contribution in [1.29, 1.82) is 0 Å². The van der Waals surface area contributed by atoms with Gasteiger partial charge in [-0.15, -0.1) is 0 Å². The summed E-state index contributed by atoms with van der Waals surface area (Å²) in [5.74, 6) is 1.45. The summed E-state index contributed by atoms with van der Waals surface area (Å²) in [7, 11) is 0. The number of anilines is 1. The molecule has 1 unspecified atom stereocenters. The van der Waals surface area contributed by atoms with Gasteiger partial charge in [0.25, 0.3) is 0 Å². The first-order chi connectivity index (χ1) is 11.0. The van der Waals surface area contributed by atoms with E-state index in [1.54, 1.807) is 18.2 Å². The molecule has 0 spiro atoms. The number of nitrogens with one attached hydrogen (secondary N) is 1. The predicted molar refractivity (Wildman–Crippen MR) is 97.2 cm³/mol. The second-order valence-electron chi connectivity index (χ2n) is 5.55. The third-order valence-electron chi connectivity index (χ3n) is 3.05. The zero-order valence-electron chi connectivity index (χ0n) is 13.5. The zero-order chi connectivity index (χ0) is 16.8. The smallest absolute Gasteiger partial charge is 0.142 e. The first kappa shape index (κ1) is 17.8. The van der Waals surface area contributed by atoms with Crippen LogP contribution < -0.4 is 14.8 Å². The van der Waals surface area contributed by atoms with Crippen molar-refractivity contribution < 1.29 is 9.47 Å². The Kier molecular flexibility index (Phi) is 6.43. The molecule has 3 nitrogen and oxygen atoms in total. The lowest BCUT2D eigenvalue weighted by Gasteiger charge is -2.19. The van der Waals surface area contributed by atoms with Crippen molar-refractivity contribution in [3.63, 3.8) is 0 Å². The minimum Gasteiger partial charge on any atom is -0.489 e. The van der Waals surface area contributed by atoms with E-state index >= 15 is 0 Å². The van der Waals surface area contributed by atoms with Crippen LogP contribution in [-0.4, -0.2) is 18.8 Å². The summed E-state index contributed by atoms with van der Waals surface area (Å²) < 4.78 is 11.6. The summed E-state index contributed by atoms with van der Waals surface area (Å²) in [4.78, 5) is 0. The predicted octanol–water partition coefficient (Wildman–Crippen LogP) is 5.66. The number of hydrogen-bond acceptors (Lipinski definition) is 3. The maximum Gasteiger partial charge on any atom is 0.142 e. The fourth-order valence-electron chi connectivity index (χ4n) is 2.05. The molecule has 0 radical (unpaired) electrons. The molecule has 0 fully saturated rings. The van der Waals surface area contributed by atoms with Crippen molar-refractivity contribution in [2.75, 3.05) is 11.9 Å². The van der Waals surface area contributed by atoms with Crippen molar-refractivity contribution in [2.24, 2.45) is 0 Å². The molecule has 2 rings (SSSR count). The minimum absolute atomic E-state index is 0.0687. The van der Waals surface area contributed by atoms with E-state index in [1.165, 1.54) is 0 Å². The third kappa shape index (κ3) is 5.52. The van der Waals surface area contributed by atoms with Crippen LogP contribution in [0, 0.1) is 0 Å². The van der Waals surface area contributed by atoms with Crippen molar-refractivity contribution in [2.45, 2.75) is 33.0 Å². The van der Waals surface area contributed by atoms with E-state index in [-0.39, 0.29) is 12.2 Å². The van der Waals surface area contributed by atoms with Crippen molar-refractivity contribution in [1.82, 2.24) is 0 Å². The van der Waals surface area contributed by atoms with Gasteiger partial charge in [-0.3, -0.25) is 0 Å². The molecule has 0 heterocycles. The van der Waals surface area contributed by atoms with E-state index in [0.717, 1.165) is 11.4 Å². The number of halogens is 2. The van der Waals surface area contributed by atoms with Gasteiger partial charge < -0.3 is 14.8 Å². The fourth-order valence-corrected chi connectivity index (χ4v) is 2.51. The van der Waals surface area contributed by atoms with Crippen molar-refractivity contribution in [3.05, 3.63) is 52.5 Å². The molecule has 2 aromatic carbocycles. The molecule has 1 atom stereocenters. The molecule has 0 aliphatic rings. The number of rotatable bonds is 7. The van der Waals surface area contributed by atoms with E-state index in [0.29, 0.717) is 22.3 Å². The highest BCUT2D eigenvalue weighted by atomic mass is 35.5. The zero-order valence-corrected chi connectivity index (χ0v) is 15.0. The highest BCUT2D eigenvalue weighted by Crippen LogP contribution is 2.29. The Hall–Kier alpha value is -1.58. The van der Waals surface area contributed by atoms with Crippen LogP contribution in [0.25, 0.3) is 0 Å². The van der Waals surface area contributed by atoms with Gasteiger partial charge in [0, 0.05) is 5.02 Å². The lowest BCUT2D eigenvalue weighted by Crippen LogP contribution is -2.23. The van der Waals surface area contributed by atoms with Gasteiger partial charge in [-0.25, -0.2) is 0 Å². The Morgan fingerprint density at radius 2 is 1.70 bits per heavy atom. The Bertz CT molecular complexity index is 647. The maximum absolute atomic E-state index is 6.12. The molecular formula is C18H21Cl2NO2. The molecule has 0 saturated heterocycles. The Morgan fingerprint density at radius 1 is 0.957 bits per heavy atom. The lowest BCUT2D eigenvalue weighted by molar-refractivity contribution is 0.233. The van der Waals surface area contributed by atoms with Crippen LogP contribution >= 0.6 is 23.2 Å². The molecule has 1 N–H and O–H groups in total. The van der Waals surface area contributed by atoms with Gasteiger partial charge in [-0.2, -0.15) is 0 Å². The van der Waals surface area contributed by atoms with E-state index in [4.69, 9.17) is 32.7 Å². The molecule has 0 amide bonds. The summed E-state index contributed by atoms with van der Waals surface area (Å²) in [5, 5.41) is 4.45. The minimum atomic E-state index is -0.0687. The Labute approximate surface area is 147 Å². The molecule has 5 heteroatoms. The highest BCUT2D eigenvalue weighted by Gasteiger charge is 2.10. The largest absolute Gasteiger partial charge is 0.489 e. The summed E-state index contributed by atoms with van der Waals surface area (Å²) in [5.41, 5.74) is 0.943. The van der Waals surface area contributed by atoms with Crippen LogP contribution in [0.5, 0.6) is 11.5 Å². The summed E-state index contributed by atoms with van der Waals surface area (Å²) in [6, 6.07) is 13.1. The summed E-state index contributed by atoms with van der Waals surface area (Å²) >= 11 is 12.0. The fraction of sp³-hybridized carbons (Fsp3) is 0.333. The van der Waals surface area contributed by atoms with Gasteiger partial charge in [0.15, 0.2) is 0 Å². The number of para-hydroxylation sites is 2. The van der Waals surface area contributed by atoms with E-state index in [1.807, 2.05) is 45.0 Å². The van der Waals surface area contributed by atoms with Crippen molar-refractivity contribution >= 4 is 28.9 Å². The Morgan fingerprint density at radius 3 is 2.39 bits per heavy atom. The van der Waals surface area contributed by atoms with Crippen LogP contribution in [0.3, 0.4) is 0 Å². The van der Waals surface area contributed by atoms with Gasteiger partial charge in [0.1, 0.15) is 17.6 Å². The monoisotopic (exact) mass is 353 g/mol. The third-order valence-corrected chi connectivity index (χ3v) is 3.58. The molecule has 0 aromatic heterocycles. The summed E-state index contributed by atoms with van der Waals surface area (Å²) in [6.07, 6.45) is 0.0558. The van der Waals surface area contributed by atoms with Crippen LogP contribution in [-0.2, 0) is 0 Å². The standard InChI is InChI=1S/C18H21Cl2NO2/c1-12(2)22-18-7-5-4-6-16(18)21-11-13(3)23-17-9-8-14(19)10-15(17)20/h4-10,12-13,21H,11H2,1-3H3. The van der Waals surface area contributed by atoms with Gasteiger partial charge in [-0.05, 0) is 51.1 Å². The molecule has 23 heavy (non-hydrogen) atoms. The lowest BCUT2D eigenvalue weighted by atomic mass is 10.2. The second kappa shape index (κ2) is 8.32. The number of ether oxygens (including phenoxy) is 2. The first-order valence-corrected chi connectivity index (χ1v) is 8.32. The van der Waals surface area contributed by atoms with Crippen LogP contribution in [0.1, 0.15) is 20.8 Å². The average Bonchev–Trinajstić information content (AvgIpc) is 2.49. The Balaban J connectivity index is 1.95. The maximum atomic E-state index is 6.12. The highest BCUT2D eigenvalue weighted by molar-refractivity contribution is 6.35. The van der Waals surface area contributed by atoms with Gasteiger partial charge in [-0.1, -0.05) is 35.3 Å². The summed E-state index contributed by atoms with van der Waals surface area (Å²) in [6.45, 7) is 6.61. The van der Waals surface area contributed by atoms with Gasteiger partial charge >= 0.3 is 0 Å². The first-order valence-electron chi connectivity index (χ1n) is 7.57. The van der Waals surface area contributed by atoms with E-state index in [2.05, 4.69) is 5.32 Å². The molecule has 0 saturated carbocycles.